The summed E-state index contributed by atoms with van der Waals surface area (Å²) in [5.74, 6) is -3.71. The summed E-state index contributed by atoms with van der Waals surface area (Å²) in [6.45, 7) is 0. The summed E-state index contributed by atoms with van der Waals surface area (Å²) in [6, 6.07) is 11.6. The Hall–Kier alpha value is -3.23. The van der Waals surface area contributed by atoms with Crippen molar-refractivity contribution in [1.29, 1.82) is 0 Å². The first-order valence-electron chi connectivity index (χ1n) is 7.34. The van der Waals surface area contributed by atoms with Crippen LogP contribution in [-0.2, 0) is 4.79 Å². The van der Waals surface area contributed by atoms with Crippen LogP contribution < -0.4 is 10.6 Å². The van der Waals surface area contributed by atoms with E-state index in [1.165, 1.54) is 12.1 Å². The van der Waals surface area contributed by atoms with Crippen molar-refractivity contribution in [3.63, 3.8) is 0 Å². The molecule has 5 nitrogen and oxygen atoms in total. The quantitative estimate of drug-likeness (QED) is 0.820. The van der Waals surface area contributed by atoms with Crippen LogP contribution in [0.15, 0.2) is 59.6 Å². The van der Waals surface area contributed by atoms with E-state index >= 15 is 0 Å². The summed E-state index contributed by atoms with van der Waals surface area (Å²) in [5, 5.41) is 3.68. The number of amidine groups is 1. The lowest BCUT2D eigenvalue weighted by molar-refractivity contribution is -0.192. The first-order valence-corrected chi connectivity index (χ1v) is 7.34. The van der Waals surface area contributed by atoms with Gasteiger partial charge in [-0.15, -0.1) is 0 Å². The Kier molecular flexibility index (Phi) is 4.23. The molecule has 9 heteroatoms. The number of hydrogen-bond acceptors (Lipinski definition) is 3. The van der Waals surface area contributed by atoms with Gasteiger partial charge in [0.1, 0.15) is 11.7 Å². The van der Waals surface area contributed by atoms with E-state index in [-0.39, 0.29) is 17.0 Å². The molecule has 2 aromatic carbocycles. The van der Waals surface area contributed by atoms with Crippen molar-refractivity contribution in [3.8, 4) is 0 Å². The third-order valence-electron chi connectivity index (χ3n) is 3.70. The van der Waals surface area contributed by atoms with Gasteiger partial charge in [0.05, 0.1) is 0 Å². The van der Waals surface area contributed by atoms with E-state index < -0.39 is 29.5 Å². The molecule has 1 atom stereocenters. The lowest BCUT2D eigenvalue weighted by atomic mass is 10.1. The Balaban J connectivity index is 2.00. The molecule has 3 rings (SSSR count). The summed E-state index contributed by atoms with van der Waals surface area (Å²) in [5.41, 5.74) is -3.46. The molecule has 0 aliphatic carbocycles. The number of aliphatic imine (C=N–C) groups is 1. The maximum Gasteiger partial charge on any atom is 0.442 e. The average Bonchev–Trinajstić information content (AvgIpc) is 2.94. The molecule has 0 saturated heterocycles. The maximum atomic E-state index is 13.7. The number of nitrogens with zero attached hydrogens (tertiary/aromatic N) is 1. The van der Waals surface area contributed by atoms with Gasteiger partial charge >= 0.3 is 11.8 Å². The topological polar surface area (TPSA) is 70.6 Å². The summed E-state index contributed by atoms with van der Waals surface area (Å²) in [4.78, 5) is 27.7. The Labute approximate surface area is 144 Å². The van der Waals surface area contributed by atoms with Gasteiger partial charge in [0.2, 0.25) is 0 Å². The van der Waals surface area contributed by atoms with Gasteiger partial charge in [-0.2, -0.15) is 13.2 Å². The molecular formula is C17H11F4N3O2. The van der Waals surface area contributed by atoms with Crippen molar-refractivity contribution in [1.82, 2.24) is 10.6 Å². The molecule has 0 spiro atoms. The Bertz CT molecular complexity index is 879. The van der Waals surface area contributed by atoms with Crippen LogP contribution >= 0.6 is 0 Å². The fourth-order valence-electron chi connectivity index (χ4n) is 2.36. The van der Waals surface area contributed by atoms with E-state index in [0.29, 0.717) is 0 Å². The zero-order chi connectivity index (χ0) is 18.9. The van der Waals surface area contributed by atoms with Gasteiger partial charge in [0.15, 0.2) is 0 Å². The van der Waals surface area contributed by atoms with Crippen LogP contribution in [0, 0.1) is 5.82 Å². The normalized spacial score (nSPS) is 19.7. The van der Waals surface area contributed by atoms with Crippen LogP contribution in [0.25, 0.3) is 0 Å². The molecular weight excluding hydrogens is 354 g/mol. The number of carbonyl (C=O) groups is 2. The zero-order valence-electron chi connectivity index (χ0n) is 13.0. The summed E-state index contributed by atoms with van der Waals surface area (Å²) < 4.78 is 53.9. The van der Waals surface area contributed by atoms with E-state index in [2.05, 4.69) is 4.99 Å². The van der Waals surface area contributed by atoms with Crippen molar-refractivity contribution in [2.45, 2.75) is 11.8 Å². The van der Waals surface area contributed by atoms with Gasteiger partial charge in [0, 0.05) is 11.1 Å². The van der Waals surface area contributed by atoms with Crippen LogP contribution in [0.4, 0.5) is 17.6 Å². The van der Waals surface area contributed by atoms with Crippen LogP contribution in [0.1, 0.15) is 15.9 Å². The Morgan fingerprint density at radius 2 is 1.65 bits per heavy atom. The van der Waals surface area contributed by atoms with Gasteiger partial charge in [-0.05, 0) is 24.3 Å². The first kappa shape index (κ1) is 17.6. The van der Waals surface area contributed by atoms with Crippen LogP contribution in [-0.4, -0.2) is 29.5 Å². The molecule has 0 unspecified atom stereocenters. The van der Waals surface area contributed by atoms with Gasteiger partial charge in [0.25, 0.3) is 11.8 Å². The van der Waals surface area contributed by atoms with Gasteiger partial charge in [-0.1, -0.05) is 30.3 Å². The van der Waals surface area contributed by atoms with Crippen molar-refractivity contribution >= 4 is 17.6 Å². The van der Waals surface area contributed by atoms with Gasteiger partial charge in [-0.3, -0.25) is 9.59 Å². The molecule has 26 heavy (non-hydrogen) atoms. The predicted molar refractivity (Wildman–Crippen MR) is 83.8 cm³/mol. The van der Waals surface area contributed by atoms with E-state index in [4.69, 9.17) is 0 Å². The number of rotatable bonds is 3. The molecule has 0 bridgehead atoms. The number of carbonyl (C=O) groups excluding carboxylic acids is 2. The SMILES string of the molecule is O=C(N[C@]1(C(F)(F)F)N=C(c2ccccc2)NC1=O)c1ccc(F)cc1. The van der Waals surface area contributed by atoms with Crippen LogP contribution in [0.5, 0.6) is 0 Å². The maximum absolute atomic E-state index is 13.7. The number of amides is 2. The van der Waals surface area contributed by atoms with Crippen molar-refractivity contribution in [2.24, 2.45) is 4.99 Å². The lowest BCUT2D eigenvalue weighted by Crippen LogP contribution is -2.63. The number of halogens is 4. The van der Waals surface area contributed by atoms with E-state index in [1.807, 2.05) is 5.32 Å². The minimum atomic E-state index is -5.19. The van der Waals surface area contributed by atoms with Crippen molar-refractivity contribution < 1.29 is 27.2 Å². The second-order valence-electron chi connectivity index (χ2n) is 5.45. The number of alkyl halides is 3. The predicted octanol–water partition coefficient (Wildman–Crippen LogP) is 2.39. The van der Waals surface area contributed by atoms with Crippen LogP contribution in [0.3, 0.4) is 0 Å². The average molecular weight is 365 g/mol. The third kappa shape index (κ3) is 3.03. The lowest BCUT2D eigenvalue weighted by Gasteiger charge is -2.27. The van der Waals surface area contributed by atoms with E-state index in [0.717, 1.165) is 24.3 Å². The minimum absolute atomic E-state index is 0.244. The number of benzene rings is 2. The summed E-state index contributed by atoms with van der Waals surface area (Å²) >= 11 is 0. The Morgan fingerprint density at radius 3 is 2.23 bits per heavy atom. The molecule has 1 aliphatic heterocycles. The molecule has 0 fully saturated rings. The Morgan fingerprint density at radius 1 is 1.04 bits per heavy atom. The van der Waals surface area contributed by atoms with E-state index in [9.17, 15) is 27.2 Å². The smallest absolute Gasteiger partial charge is 0.312 e. The van der Waals surface area contributed by atoms with Gasteiger partial charge in [-0.25, -0.2) is 9.38 Å². The number of hydrogen-bond donors (Lipinski definition) is 2. The summed E-state index contributed by atoms with van der Waals surface area (Å²) in [6.07, 6.45) is -5.19. The van der Waals surface area contributed by atoms with Gasteiger partial charge < -0.3 is 10.6 Å². The molecule has 0 aromatic heterocycles. The third-order valence-corrected chi connectivity index (χ3v) is 3.70. The van der Waals surface area contributed by atoms with Crippen LogP contribution in [0.2, 0.25) is 0 Å². The highest BCUT2D eigenvalue weighted by molar-refractivity contribution is 6.16. The van der Waals surface area contributed by atoms with E-state index in [1.54, 1.807) is 23.5 Å². The largest absolute Gasteiger partial charge is 0.442 e. The molecule has 2 aromatic rings. The van der Waals surface area contributed by atoms with Crippen molar-refractivity contribution in [2.75, 3.05) is 0 Å². The molecule has 1 aliphatic rings. The summed E-state index contributed by atoms with van der Waals surface area (Å²) in [7, 11) is 0. The second kappa shape index (κ2) is 6.25. The van der Waals surface area contributed by atoms with Crippen molar-refractivity contribution in [3.05, 3.63) is 71.5 Å². The molecule has 0 saturated carbocycles. The highest BCUT2D eigenvalue weighted by atomic mass is 19.4. The number of nitrogens with one attached hydrogen (secondary N) is 2. The molecule has 0 radical (unpaired) electrons. The second-order valence-corrected chi connectivity index (χ2v) is 5.45. The molecule has 134 valence electrons. The highest BCUT2D eigenvalue weighted by Gasteiger charge is 2.65. The molecule has 2 amide bonds. The monoisotopic (exact) mass is 365 g/mol. The highest BCUT2D eigenvalue weighted by Crippen LogP contribution is 2.35. The first-order chi connectivity index (χ1) is 12.2. The fourth-order valence-corrected chi connectivity index (χ4v) is 2.36. The molecule has 2 N–H and O–H groups in total. The fraction of sp³-hybridized carbons (Fsp3) is 0.118. The molecule has 1 heterocycles. The standard InChI is InChI=1S/C17H11F4N3O2/c18-12-8-6-11(7-9-12)14(25)24-16(17(19,20)21)15(26)22-13(23-16)10-4-2-1-3-5-10/h1-9H,(H,24,25)(H,22,23,26)/t16-/m1/s1. The zero-order valence-corrected chi connectivity index (χ0v) is 13.0. The minimum Gasteiger partial charge on any atom is -0.312 e.